The minimum atomic E-state index is -0.222. The number of hydrogen-bond donors (Lipinski definition) is 0. The summed E-state index contributed by atoms with van der Waals surface area (Å²) in [5.41, 5.74) is 3.43. The molecule has 0 atom stereocenters. The highest BCUT2D eigenvalue weighted by Gasteiger charge is 2.16. The molecule has 0 spiro atoms. The van der Waals surface area contributed by atoms with Gasteiger partial charge < -0.3 is 4.74 Å². The van der Waals surface area contributed by atoms with Crippen molar-refractivity contribution in [3.05, 3.63) is 101 Å². The number of hydrogen-bond acceptors (Lipinski definition) is 5. The maximum absolute atomic E-state index is 13.8. The van der Waals surface area contributed by atoms with Crippen LogP contribution < -0.4 is 10.3 Å². The van der Waals surface area contributed by atoms with Crippen LogP contribution in [0.25, 0.3) is 28.1 Å². The van der Waals surface area contributed by atoms with Gasteiger partial charge in [-0.3, -0.25) is 19.2 Å². The number of pyridine rings is 2. The van der Waals surface area contributed by atoms with E-state index in [2.05, 4.69) is 43.6 Å². The van der Waals surface area contributed by atoms with Gasteiger partial charge >= 0.3 is 0 Å². The quantitative estimate of drug-likeness (QED) is 0.295. The molecule has 4 rings (SSSR count). The molecular formula is C30H30N4O2. The second-order valence-electron chi connectivity index (χ2n) is 9.16. The topological polar surface area (TPSA) is 71.2 Å². The molecule has 2 aromatic heterocycles. The molecule has 0 saturated carbocycles. The summed E-state index contributed by atoms with van der Waals surface area (Å²) in [5, 5.41) is 9.67. The molecule has 0 aliphatic heterocycles. The zero-order valence-electron chi connectivity index (χ0n) is 21.1. The summed E-state index contributed by atoms with van der Waals surface area (Å²) < 4.78 is 7.71. The van der Waals surface area contributed by atoms with E-state index in [0.29, 0.717) is 46.9 Å². The van der Waals surface area contributed by atoms with E-state index in [4.69, 9.17) is 4.74 Å². The smallest absolute Gasteiger partial charge is 0.263 e. The third-order valence-electron chi connectivity index (χ3n) is 6.12. The Kier molecular flexibility index (Phi) is 7.62. The SMILES string of the molecule is CC(C)N(COc1cccc(-n2cc(-c3ccccn3)cc(-c3ccccc3C#N)c2=O)c1)C(C)C. The van der Waals surface area contributed by atoms with Crippen LogP contribution in [0.3, 0.4) is 0 Å². The van der Waals surface area contributed by atoms with E-state index >= 15 is 0 Å². The van der Waals surface area contributed by atoms with Crippen LogP contribution in [0.15, 0.2) is 90.0 Å². The average Bonchev–Trinajstić information content (AvgIpc) is 2.89. The average molecular weight is 479 g/mol. The number of nitriles is 1. The highest BCUT2D eigenvalue weighted by molar-refractivity contribution is 5.74. The molecule has 36 heavy (non-hydrogen) atoms. The van der Waals surface area contributed by atoms with Crippen molar-refractivity contribution in [2.24, 2.45) is 0 Å². The number of benzene rings is 2. The molecule has 0 aliphatic carbocycles. The third-order valence-corrected chi connectivity index (χ3v) is 6.12. The first-order valence-corrected chi connectivity index (χ1v) is 12.1. The monoisotopic (exact) mass is 478 g/mol. The molecule has 6 heteroatoms. The first-order chi connectivity index (χ1) is 17.4. The van der Waals surface area contributed by atoms with Gasteiger partial charge in [0.1, 0.15) is 12.5 Å². The van der Waals surface area contributed by atoms with Crippen LogP contribution in [-0.2, 0) is 0 Å². The molecule has 0 aliphatic rings. The van der Waals surface area contributed by atoms with Crippen molar-refractivity contribution in [3.8, 4) is 39.9 Å². The van der Waals surface area contributed by atoms with Gasteiger partial charge in [-0.15, -0.1) is 0 Å². The van der Waals surface area contributed by atoms with E-state index in [1.54, 1.807) is 41.2 Å². The standard InChI is InChI=1S/C30H30N4O2/c1-21(2)34(22(3)4)20-36-26-12-9-11-25(17-26)33-19-24(29-14-7-8-15-32-29)16-28(30(33)35)27-13-6-5-10-23(27)18-31/h5-17,19,21-22H,20H2,1-4H3. The van der Waals surface area contributed by atoms with Gasteiger partial charge in [0, 0.05) is 47.2 Å². The molecule has 0 N–H and O–H groups in total. The van der Waals surface area contributed by atoms with E-state index in [1.807, 2.05) is 48.5 Å². The largest absolute Gasteiger partial charge is 0.478 e. The zero-order chi connectivity index (χ0) is 25.7. The van der Waals surface area contributed by atoms with Crippen LogP contribution >= 0.6 is 0 Å². The van der Waals surface area contributed by atoms with Crippen LogP contribution in [0.1, 0.15) is 33.3 Å². The molecule has 0 amide bonds. The van der Waals surface area contributed by atoms with Crippen molar-refractivity contribution >= 4 is 0 Å². The molecule has 2 aromatic carbocycles. The summed E-state index contributed by atoms with van der Waals surface area (Å²) in [5.74, 6) is 0.674. The summed E-state index contributed by atoms with van der Waals surface area (Å²) >= 11 is 0. The van der Waals surface area contributed by atoms with Crippen LogP contribution in [0, 0.1) is 11.3 Å². The maximum Gasteiger partial charge on any atom is 0.263 e. The van der Waals surface area contributed by atoms with Gasteiger partial charge in [-0.25, -0.2) is 0 Å². The summed E-state index contributed by atoms with van der Waals surface area (Å²) in [4.78, 5) is 20.5. The molecule has 0 bridgehead atoms. The highest BCUT2D eigenvalue weighted by atomic mass is 16.5. The summed E-state index contributed by atoms with van der Waals surface area (Å²) in [7, 11) is 0. The van der Waals surface area contributed by atoms with E-state index in [-0.39, 0.29) is 5.56 Å². The fraction of sp³-hybridized carbons (Fsp3) is 0.233. The molecular weight excluding hydrogens is 448 g/mol. The molecule has 4 aromatic rings. The fourth-order valence-electron chi connectivity index (χ4n) is 4.22. The molecule has 182 valence electrons. The fourth-order valence-corrected chi connectivity index (χ4v) is 4.22. The maximum atomic E-state index is 13.8. The first kappa shape index (κ1) is 24.9. The van der Waals surface area contributed by atoms with Gasteiger partial charge in [-0.05, 0) is 64.1 Å². The van der Waals surface area contributed by atoms with Crippen molar-refractivity contribution in [2.75, 3.05) is 6.73 Å². The Morgan fingerprint density at radius 3 is 2.39 bits per heavy atom. The van der Waals surface area contributed by atoms with Gasteiger partial charge in [-0.1, -0.05) is 30.3 Å². The lowest BCUT2D eigenvalue weighted by Crippen LogP contribution is -2.39. The number of aromatic nitrogens is 2. The van der Waals surface area contributed by atoms with Gasteiger partial charge in [-0.2, -0.15) is 5.26 Å². The second-order valence-corrected chi connectivity index (χ2v) is 9.16. The lowest BCUT2D eigenvalue weighted by atomic mass is 9.99. The predicted molar refractivity (Wildman–Crippen MR) is 143 cm³/mol. The number of rotatable bonds is 8. The lowest BCUT2D eigenvalue weighted by molar-refractivity contribution is 0.0690. The van der Waals surface area contributed by atoms with Crippen molar-refractivity contribution in [2.45, 2.75) is 39.8 Å². The Morgan fingerprint density at radius 1 is 0.944 bits per heavy atom. The summed E-state index contributed by atoms with van der Waals surface area (Å²) in [6, 6.07) is 25.0. The second kappa shape index (κ2) is 11.0. The van der Waals surface area contributed by atoms with Gasteiger partial charge in [0.15, 0.2) is 0 Å². The van der Waals surface area contributed by atoms with Crippen LogP contribution in [0.5, 0.6) is 5.75 Å². The molecule has 6 nitrogen and oxygen atoms in total. The van der Waals surface area contributed by atoms with Crippen molar-refractivity contribution in [3.63, 3.8) is 0 Å². The Bertz CT molecular complexity index is 1430. The number of nitrogens with zero attached hydrogens (tertiary/aromatic N) is 4. The molecule has 0 radical (unpaired) electrons. The molecule has 0 saturated heterocycles. The Balaban J connectivity index is 1.82. The van der Waals surface area contributed by atoms with Crippen molar-refractivity contribution in [1.82, 2.24) is 14.5 Å². The van der Waals surface area contributed by atoms with Crippen molar-refractivity contribution < 1.29 is 4.74 Å². The number of ether oxygens (including phenoxy) is 1. The first-order valence-electron chi connectivity index (χ1n) is 12.1. The van der Waals surface area contributed by atoms with E-state index < -0.39 is 0 Å². The predicted octanol–water partition coefficient (Wildman–Crippen LogP) is 5.89. The lowest BCUT2D eigenvalue weighted by Gasteiger charge is -2.30. The Labute approximate surface area is 212 Å². The van der Waals surface area contributed by atoms with Crippen molar-refractivity contribution in [1.29, 1.82) is 5.26 Å². The van der Waals surface area contributed by atoms with Gasteiger partial charge in [0.05, 0.1) is 23.0 Å². The van der Waals surface area contributed by atoms with Crippen LogP contribution in [0.4, 0.5) is 0 Å². The molecule has 2 heterocycles. The zero-order valence-corrected chi connectivity index (χ0v) is 21.1. The Hall–Kier alpha value is -4.21. The normalized spacial score (nSPS) is 11.2. The van der Waals surface area contributed by atoms with Gasteiger partial charge in [0.25, 0.3) is 5.56 Å². The van der Waals surface area contributed by atoms with E-state index in [1.165, 1.54) is 0 Å². The summed E-state index contributed by atoms with van der Waals surface area (Å²) in [6.45, 7) is 9.01. The van der Waals surface area contributed by atoms with E-state index in [0.717, 1.165) is 11.3 Å². The Morgan fingerprint density at radius 2 is 1.69 bits per heavy atom. The van der Waals surface area contributed by atoms with E-state index in [9.17, 15) is 10.1 Å². The third kappa shape index (κ3) is 5.37. The molecule has 0 unspecified atom stereocenters. The van der Waals surface area contributed by atoms with Gasteiger partial charge in [0.2, 0.25) is 0 Å². The summed E-state index contributed by atoms with van der Waals surface area (Å²) in [6.07, 6.45) is 3.51. The minimum absolute atomic E-state index is 0.222. The van der Waals surface area contributed by atoms with Crippen LogP contribution in [-0.4, -0.2) is 33.3 Å². The van der Waals surface area contributed by atoms with Crippen LogP contribution in [0.2, 0.25) is 0 Å². The highest BCUT2D eigenvalue weighted by Crippen LogP contribution is 2.27. The minimum Gasteiger partial charge on any atom is -0.478 e. The molecule has 0 fully saturated rings.